The van der Waals surface area contributed by atoms with Crippen LogP contribution in [0.1, 0.15) is 55.6 Å². The highest BCUT2D eigenvalue weighted by Gasteiger charge is 2.16. The second-order valence-electron chi connectivity index (χ2n) is 19.2. The third-order valence-electron chi connectivity index (χ3n) is 13.7. The average molecular weight is 960 g/mol. The van der Waals surface area contributed by atoms with Crippen LogP contribution in [0.4, 0.5) is 51.2 Å². The number of hydrogen-bond donors (Lipinski definition) is 0. The average Bonchev–Trinajstić information content (AvgIpc) is 3.43. The fourth-order valence-corrected chi connectivity index (χ4v) is 9.07. The minimum absolute atomic E-state index is 0.781. The van der Waals surface area contributed by atoms with E-state index in [0.717, 1.165) is 84.9 Å². The van der Waals surface area contributed by atoms with Crippen molar-refractivity contribution in [3.8, 4) is 11.5 Å². The molecule has 0 aliphatic carbocycles. The number of hydrogen-bond acceptors (Lipinski definition) is 4. The maximum Gasteiger partial charge on any atom is 0.127 e. The van der Waals surface area contributed by atoms with E-state index in [-0.39, 0.29) is 0 Å². The molecule has 10 aromatic carbocycles. The molecule has 0 atom stereocenters. The van der Waals surface area contributed by atoms with E-state index in [9.17, 15) is 0 Å². The van der Waals surface area contributed by atoms with Crippen LogP contribution in [0.25, 0.3) is 24.3 Å². The normalized spacial score (nSPS) is 11.3. The van der Waals surface area contributed by atoms with Crippen molar-refractivity contribution in [3.05, 3.63) is 292 Å². The van der Waals surface area contributed by atoms with Crippen molar-refractivity contribution in [2.24, 2.45) is 0 Å². The molecular weight excluding hydrogens is 899 g/mol. The van der Waals surface area contributed by atoms with Gasteiger partial charge < -0.3 is 19.4 Å². The molecule has 74 heavy (non-hydrogen) atoms. The van der Waals surface area contributed by atoms with Gasteiger partial charge in [0.1, 0.15) is 11.5 Å². The lowest BCUT2D eigenvalue weighted by molar-refractivity contribution is 0.483. The maximum absolute atomic E-state index is 6.19. The molecule has 0 unspecified atom stereocenters. The van der Waals surface area contributed by atoms with E-state index in [0.29, 0.717) is 0 Å². The molecule has 4 heteroatoms. The monoisotopic (exact) mass is 959 g/mol. The van der Waals surface area contributed by atoms with Gasteiger partial charge in [0.05, 0.1) is 0 Å². The van der Waals surface area contributed by atoms with Crippen molar-refractivity contribution in [3.63, 3.8) is 0 Å². The van der Waals surface area contributed by atoms with Crippen molar-refractivity contribution in [1.29, 1.82) is 0 Å². The molecule has 0 saturated carbocycles. The molecule has 0 fully saturated rings. The van der Waals surface area contributed by atoms with Gasteiger partial charge in [-0.25, -0.2) is 0 Å². The summed E-state index contributed by atoms with van der Waals surface area (Å²) in [6.45, 7) is 12.9. The Labute approximate surface area is 438 Å². The number of ether oxygens (including phenoxy) is 1. The number of benzene rings is 10. The van der Waals surface area contributed by atoms with E-state index in [2.05, 4.69) is 275 Å². The van der Waals surface area contributed by atoms with Gasteiger partial charge in [0.2, 0.25) is 0 Å². The van der Waals surface area contributed by atoms with Crippen molar-refractivity contribution in [2.45, 2.75) is 41.5 Å². The highest BCUT2D eigenvalue weighted by atomic mass is 16.5. The first-order chi connectivity index (χ1) is 36.1. The first-order valence-corrected chi connectivity index (χ1v) is 25.4. The molecule has 0 aliphatic heterocycles. The standard InChI is InChI=1S/C70H61N3O/c1-50-12-30-60(31-13-50)71(61-32-14-51(2)15-33-61)62-36-22-56(23-37-62)18-19-57-24-38-63(39-25-57)72(66-44-46-70(47-45-66)74-69-10-8-7-9-11-69)64-40-26-58(27-41-64)20-21-59-28-42-65(43-29-59)73(67-34-16-52(3)54(5)48-67)68-35-17-53(4)55(6)49-68/h7-49H,1-6H3/b19-18+,21-20+. The summed E-state index contributed by atoms with van der Waals surface area (Å²) in [5, 5.41) is 0. The first kappa shape index (κ1) is 48.5. The Kier molecular flexibility index (Phi) is 14.5. The molecule has 0 aromatic heterocycles. The Balaban J connectivity index is 0.880. The van der Waals surface area contributed by atoms with Gasteiger partial charge in [-0.2, -0.15) is 0 Å². The smallest absolute Gasteiger partial charge is 0.127 e. The fourth-order valence-electron chi connectivity index (χ4n) is 9.07. The highest BCUT2D eigenvalue weighted by Crippen LogP contribution is 2.39. The summed E-state index contributed by atoms with van der Waals surface area (Å²) in [7, 11) is 0. The molecule has 0 bridgehead atoms. The lowest BCUT2D eigenvalue weighted by atomic mass is 10.0. The van der Waals surface area contributed by atoms with Crippen molar-refractivity contribution >= 4 is 75.5 Å². The molecule has 10 rings (SSSR count). The van der Waals surface area contributed by atoms with E-state index >= 15 is 0 Å². The zero-order chi connectivity index (χ0) is 51.0. The summed E-state index contributed by atoms with van der Waals surface area (Å²) in [5.74, 6) is 1.59. The van der Waals surface area contributed by atoms with Gasteiger partial charge >= 0.3 is 0 Å². The SMILES string of the molecule is Cc1ccc(N(c2ccc(C)cc2)c2ccc(/C=C/c3ccc(N(c4ccc(/C=C/c5ccc(N(c6ccc(C)c(C)c6)c6ccc(C)c(C)c6)cc5)cc4)c4ccc(Oc5ccccc5)cc4)cc3)cc2)cc1. The van der Waals surface area contributed by atoms with Gasteiger partial charge in [-0.15, -0.1) is 0 Å². The zero-order valence-corrected chi connectivity index (χ0v) is 43.1. The van der Waals surface area contributed by atoms with E-state index in [1.165, 1.54) is 33.4 Å². The van der Waals surface area contributed by atoms with Crippen molar-refractivity contribution < 1.29 is 4.74 Å². The first-order valence-electron chi connectivity index (χ1n) is 25.4. The molecule has 362 valence electrons. The third-order valence-corrected chi connectivity index (χ3v) is 13.7. The summed E-state index contributed by atoms with van der Waals surface area (Å²) in [6, 6.07) is 84.1. The topological polar surface area (TPSA) is 19.0 Å². The van der Waals surface area contributed by atoms with Crippen molar-refractivity contribution in [2.75, 3.05) is 14.7 Å². The largest absolute Gasteiger partial charge is 0.457 e. The summed E-state index contributed by atoms with van der Waals surface area (Å²) in [5.41, 5.74) is 22.0. The minimum atomic E-state index is 0.781. The summed E-state index contributed by atoms with van der Waals surface area (Å²) >= 11 is 0. The lowest BCUT2D eigenvalue weighted by Gasteiger charge is -2.27. The number of rotatable bonds is 15. The van der Waals surface area contributed by atoms with Crippen LogP contribution in [0.5, 0.6) is 11.5 Å². The van der Waals surface area contributed by atoms with Gasteiger partial charge in [-0.05, 0) is 220 Å². The van der Waals surface area contributed by atoms with E-state index in [1.807, 2.05) is 42.5 Å². The molecule has 0 radical (unpaired) electrons. The Hall–Kier alpha value is -9.12. The van der Waals surface area contributed by atoms with Gasteiger partial charge in [0.15, 0.2) is 0 Å². The van der Waals surface area contributed by atoms with Gasteiger partial charge in [0, 0.05) is 51.2 Å². The van der Waals surface area contributed by atoms with Crippen LogP contribution in [-0.4, -0.2) is 0 Å². The number of aryl methyl sites for hydroxylation is 6. The number of nitrogens with zero attached hydrogens (tertiary/aromatic N) is 3. The predicted octanol–water partition coefficient (Wildman–Crippen LogP) is 20.1. The molecule has 0 spiro atoms. The number of para-hydroxylation sites is 1. The van der Waals surface area contributed by atoms with Crippen molar-refractivity contribution in [1.82, 2.24) is 0 Å². The second kappa shape index (κ2) is 22.1. The van der Waals surface area contributed by atoms with Crippen LogP contribution in [-0.2, 0) is 0 Å². The highest BCUT2D eigenvalue weighted by molar-refractivity contribution is 5.83. The number of anilines is 9. The van der Waals surface area contributed by atoms with E-state index in [1.54, 1.807) is 0 Å². The molecule has 10 aromatic rings. The minimum Gasteiger partial charge on any atom is -0.457 e. The summed E-state index contributed by atoms with van der Waals surface area (Å²) in [6.07, 6.45) is 8.72. The van der Waals surface area contributed by atoms with Crippen LogP contribution in [0, 0.1) is 41.5 Å². The van der Waals surface area contributed by atoms with Crippen LogP contribution in [0.2, 0.25) is 0 Å². The van der Waals surface area contributed by atoms with E-state index in [4.69, 9.17) is 4.74 Å². The Bertz CT molecular complexity index is 3430. The van der Waals surface area contributed by atoms with Crippen LogP contribution in [0.15, 0.2) is 237 Å². The Morgan fingerprint density at radius 2 is 0.500 bits per heavy atom. The quantitative estimate of drug-likeness (QED) is 0.0953. The zero-order valence-electron chi connectivity index (χ0n) is 43.1. The van der Waals surface area contributed by atoms with Crippen LogP contribution in [0.3, 0.4) is 0 Å². The third kappa shape index (κ3) is 11.5. The van der Waals surface area contributed by atoms with Gasteiger partial charge in [-0.1, -0.05) is 139 Å². The molecule has 0 N–H and O–H groups in total. The predicted molar refractivity (Wildman–Crippen MR) is 316 cm³/mol. The summed E-state index contributed by atoms with van der Waals surface area (Å²) in [4.78, 5) is 6.94. The molecule has 0 heterocycles. The van der Waals surface area contributed by atoms with Gasteiger partial charge in [0.25, 0.3) is 0 Å². The molecule has 4 nitrogen and oxygen atoms in total. The second-order valence-corrected chi connectivity index (χ2v) is 19.2. The van der Waals surface area contributed by atoms with E-state index < -0.39 is 0 Å². The maximum atomic E-state index is 6.19. The molecular formula is C70H61N3O. The Morgan fingerprint density at radius 3 is 0.811 bits per heavy atom. The Morgan fingerprint density at radius 1 is 0.243 bits per heavy atom. The lowest BCUT2D eigenvalue weighted by Crippen LogP contribution is -2.10. The van der Waals surface area contributed by atoms with Crippen LogP contribution >= 0.6 is 0 Å². The fraction of sp³-hybridized carbons (Fsp3) is 0.0857. The van der Waals surface area contributed by atoms with Gasteiger partial charge in [-0.3, -0.25) is 0 Å². The summed E-state index contributed by atoms with van der Waals surface area (Å²) < 4.78 is 6.19. The molecule has 0 aliphatic rings. The van der Waals surface area contributed by atoms with Crippen LogP contribution < -0.4 is 19.4 Å². The molecule has 0 amide bonds. The molecule has 0 saturated heterocycles.